The van der Waals surface area contributed by atoms with Gasteiger partial charge in [-0.25, -0.2) is 0 Å². The third-order valence-corrected chi connectivity index (χ3v) is 5.69. The molecule has 0 saturated heterocycles. The van der Waals surface area contributed by atoms with Crippen molar-refractivity contribution in [1.29, 1.82) is 0 Å². The molecule has 0 radical (unpaired) electrons. The summed E-state index contributed by atoms with van der Waals surface area (Å²) in [6.07, 6.45) is 8.63. The molecule has 0 aromatic carbocycles. The normalized spacial score (nSPS) is 42.9. The van der Waals surface area contributed by atoms with Gasteiger partial charge in [0.1, 0.15) is 0 Å². The van der Waals surface area contributed by atoms with Crippen molar-refractivity contribution < 1.29 is 4.79 Å². The zero-order chi connectivity index (χ0) is 12.7. The SMILES string of the molecule is CCCC(N)C(=O)NC1CC2CC1C1CCCC21. The van der Waals surface area contributed by atoms with Crippen molar-refractivity contribution in [2.75, 3.05) is 0 Å². The van der Waals surface area contributed by atoms with Crippen molar-refractivity contribution in [2.45, 2.75) is 64.0 Å². The molecule has 0 aliphatic heterocycles. The van der Waals surface area contributed by atoms with Gasteiger partial charge in [0.05, 0.1) is 6.04 Å². The van der Waals surface area contributed by atoms with Gasteiger partial charge in [-0.2, -0.15) is 0 Å². The smallest absolute Gasteiger partial charge is 0.237 e. The van der Waals surface area contributed by atoms with E-state index in [1.807, 2.05) is 0 Å². The Morgan fingerprint density at radius 3 is 2.83 bits per heavy atom. The molecular formula is C15H26N2O. The number of rotatable bonds is 4. The van der Waals surface area contributed by atoms with E-state index in [1.54, 1.807) is 0 Å². The zero-order valence-electron chi connectivity index (χ0n) is 11.4. The van der Waals surface area contributed by atoms with Crippen molar-refractivity contribution in [1.82, 2.24) is 5.32 Å². The summed E-state index contributed by atoms with van der Waals surface area (Å²) in [5.74, 6) is 3.66. The third kappa shape index (κ3) is 1.97. The second-order valence-electron chi connectivity index (χ2n) is 6.66. The van der Waals surface area contributed by atoms with Gasteiger partial charge in [-0.15, -0.1) is 0 Å². The molecular weight excluding hydrogens is 224 g/mol. The number of carbonyl (C=O) groups is 1. The van der Waals surface area contributed by atoms with E-state index in [2.05, 4.69) is 12.2 Å². The summed E-state index contributed by atoms with van der Waals surface area (Å²) >= 11 is 0. The first-order valence-electron chi connectivity index (χ1n) is 7.76. The van der Waals surface area contributed by atoms with Gasteiger partial charge in [0.25, 0.3) is 0 Å². The highest BCUT2D eigenvalue weighted by atomic mass is 16.2. The molecule has 3 aliphatic rings. The molecule has 3 fully saturated rings. The first-order chi connectivity index (χ1) is 8.70. The molecule has 3 saturated carbocycles. The molecule has 3 rings (SSSR count). The van der Waals surface area contributed by atoms with E-state index in [9.17, 15) is 4.79 Å². The minimum absolute atomic E-state index is 0.0870. The monoisotopic (exact) mass is 250 g/mol. The predicted molar refractivity (Wildman–Crippen MR) is 71.9 cm³/mol. The Kier molecular flexibility index (Phi) is 3.35. The fourth-order valence-corrected chi connectivity index (χ4v) is 4.97. The third-order valence-electron chi connectivity index (χ3n) is 5.69. The van der Waals surface area contributed by atoms with Crippen molar-refractivity contribution in [3.63, 3.8) is 0 Å². The van der Waals surface area contributed by atoms with Gasteiger partial charge in [-0.3, -0.25) is 4.79 Å². The van der Waals surface area contributed by atoms with Gasteiger partial charge in [0.2, 0.25) is 5.91 Å². The highest BCUT2D eigenvalue weighted by Gasteiger charge is 2.54. The Balaban J connectivity index is 1.58. The molecule has 3 heteroatoms. The van der Waals surface area contributed by atoms with E-state index >= 15 is 0 Å². The number of nitrogens with two attached hydrogens (primary N) is 1. The standard InChI is InChI=1S/C15H26N2O/c1-2-4-13(16)15(18)17-14-8-9-7-12(14)11-6-3-5-10(9)11/h9-14H,2-8,16H2,1H3,(H,17,18). The van der Waals surface area contributed by atoms with Crippen LogP contribution in [-0.4, -0.2) is 18.0 Å². The molecule has 102 valence electrons. The molecule has 0 spiro atoms. The van der Waals surface area contributed by atoms with Crippen LogP contribution < -0.4 is 11.1 Å². The number of nitrogens with one attached hydrogen (secondary N) is 1. The Bertz CT molecular complexity index is 330. The Labute approximate surface area is 110 Å². The number of amides is 1. The maximum atomic E-state index is 12.0. The summed E-state index contributed by atoms with van der Waals surface area (Å²) in [6, 6.07) is 0.137. The van der Waals surface area contributed by atoms with Gasteiger partial charge < -0.3 is 11.1 Å². The van der Waals surface area contributed by atoms with E-state index in [0.29, 0.717) is 6.04 Å². The van der Waals surface area contributed by atoms with Gasteiger partial charge in [-0.1, -0.05) is 19.8 Å². The lowest BCUT2D eigenvalue weighted by molar-refractivity contribution is -0.123. The second-order valence-corrected chi connectivity index (χ2v) is 6.66. The Morgan fingerprint density at radius 2 is 2.06 bits per heavy atom. The number of carbonyl (C=O) groups excluding carboxylic acids is 1. The zero-order valence-corrected chi connectivity index (χ0v) is 11.4. The average Bonchev–Trinajstić information content (AvgIpc) is 3.00. The molecule has 6 unspecified atom stereocenters. The van der Waals surface area contributed by atoms with Gasteiger partial charge in [0, 0.05) is 6.04 Å². The average molecular weight is 250 g/mol. The fraction of sp³-hybridized carbons (Fsp3) is 0.933. The van der Waals surface area contributed by atoms with Crippen LogP contribution in [0.15, 0.2) is 0 Å². The summed E-state index contributed by atoms with van der Waals surface area (Å²) in [5, 5.41) is 3.24. The number of fused-ring (bicyclic) bond motifs is 5. The minimum atomic E-state index is -0.298. The summed E-state index contributed by atoms with van der Waals surface area (Å²) in [7, 11) is 0. The molecule has 1 amide bonds. The van der Waals surface area contributed by atoms with E-state index in [0.717, 1.165) is 36.5 Å². The van der Waals surface area contributed by atoms with Crippen LogP contribution in [0.25, 0.3) is 0 Å². The van der Waals surface area contributed by atoms with E-state index in [1.165, 1.54) is 32.1 Å². The first-order valence-corrected chi connectivity index (χ1v) is 7.76. The molecule has 2 bridgehead atoms. The van der Waals surface area contributed by atoms with Crippen LogP contribution in [-0.2, 0) is 4.79 Å². The Morgan fingerprint density at radius 1 is 1.28 bits per heavy atom. The molecule has 0 heterocycles. The highest BCUT2D eigenvalue weighted by molar-refractivity contribution is 5.81. The minimum Gasteiger partial charge on any atom is -0.352 e. The summed E-state index contributed by atoms with van der Waals surface area (Å²) in [6.45, 7) is 2.08. The number of hydrogen-bond acceptors (Lipinski definition) is 2. The quantitative estimate of drug-likeness (QED) is 0.802. The van der Waals surface area contributed by atoms with Crippen LogP contribution >= 0.6 is 0 Å². The van der Waals surface area contributed by atoms with Crippen LogP contribution in [0.1, 0.15) is 51.9 Å². The van der Waals surface area contributed by atoms with Gasteiger partial charge >= 0.3 is 0 Å². The lowest BCUT2D eigenvalue weighted by atomic mass is 9.79. The van der Waals surface area contributed by atoms with Crippen molar-refractivity contribution >= 4 is 5.91 Å². The molecule has 3 N–H and O–H groups in total. The van der Waals surface area contributed by atoms with Crippen LogP contribution in [0.3, 0.4) is 0 Å². The summed E-state index contributed by atoms with van der Waals surface area (Å²) in [4.78, 5) is 12.0. The molecule has 6 atom stereocenters. The highest BCUT2D eigenvalue weighted by Crippen LogP contribution is 2.58. The lowest BCUT2D eigenvalue weighted by Crippen LogP contribution is -2.48. The van der Waals surface area contributed by atoms with E-state index < -0.39 is 0 Å². The maximum Gasteiger partial charge on any atom is 0.237 e. The maximum absolute atomic E-state index is 12.0. The lowest BCUT2D eigenvalue weighted by Gasteiger charge is -2.32. The first kappa shape index (κ1) is 12.5. The molecule has 3 nitrogen and oxygen atoms in total. The molecule has 0 aromatic rings. The molecule has 3 aliphatic carbocycles. The van der Waals surface area contributed by atoms with Crippen molar-refractivity contribution in [3.8, 4) is 0 Å². The largest absolute Gasteiger partial charge is 0.352 e. The topological polar surface area (TPSA) is 55.1 Å². The van der Waals surface area contributed by atoms with Crippen LogP contribution in [0.5, 0.6) is 0 Å². The number of hydrogen-bond donors (Lipinski definition) is 2. The summed E-state index contributed by atoms with van der Waals surface area (Å²) in [5.41, 5.74) is 5.90. The van der Waals surface area contributed by atoms with Gasteiger partial charge in [-0.05, 0) is 55.8 Å². The predicted octanol–water partition coefficient (Wildman–Crippen LogP) is 2.05. The van der Waals surface area contributed by atoms with E-state index in [-0.39, 0.29) is 11.9 Å². The fourth-order valence-electron chi connectivity index (χ4n) is 4.97. The van der Waals surface area contributed by atoms with E-state index in [4.69, 9.17) is 5.73 Å². The van der Waals surface area contributed by atoms with Crippen LogP contribution in [0.4, 0.5) is 0 Å². The van der Waals surface area contributed by atoms with Crippen LogP contribution in [0, 0.1) is 23.7 Å². The van der Waals surface area contributed by atoms with Crippen LogP contribution in [0.2, 0.25) is 0 Å². The van der Waals surface area contributed by atoms with Crippen molar-refractivity contribution in [3.05, 3.63) is 0 Å². The Hall–Kier alpha value is -0.570. The molecule has 18 heavy (non-hydrogen) atoms. The second kappa shape index (κ2) is 4.84. The molecule has 0 aromatic heterocycles. The van der Waals surface area contributed by atoms with Crippen molar-refractivity contribution in [2.24, 2.45) is 29.4 Å². The summed E-state index contributed by atoms with van der Waals surface area (Å²) < 4.78 is 0. The van der Waals surface area contributed by atoms with Gasteiger partial charge in [0.15, 0.2) is 0 Å².